The second-order valence-corrected chi connectivity index (χ2v) is 5.12. The van der Waals surface area contributed by atoms with Crippen LogP contribution in [0.15, 0.2) is 24.3 Å². The zero-order valence-electron chi connectivity index (χ0n) is 8.21. The van der Waals surface area contributed by atoms with Crippen LogP contribution in [0.25, 0.3) is 10.4 Å². The number of thiophene rings is 1. The van der Waals surface area contributed by atoms with Crippen LogP contribution in [-0.2, 0) is 0 Å². The minimum atomic E-state index is -0.999. The molecule has 6 heteroatoms. The summed E-state index contributed by atoms with van der Waals surface area (Å²) in [5.41, 5.74) is 0.596. The Morgan fingerprint density at radius 2 is 1.82 bits per heavy atom. The molecule has 1 N–H and O–H groups in total. The van der Waals surface area contributed by atoms with Crippen molar-refractivity contribution in [3.05, 3.63) is 45.0 Å². The smallest absolute Gasteiger partial charge is 0.345 e. The Labute approximate surface area is 110 Å². The van der Waals surface area contributed by atoms with E-state index in [2.05, 4.69) is 0 Å². The summed E-state index contributed by atoms with van der Waals surface area (Å²) in [6.07, 6.45) is 0. The largest absolute Gasteiger partial charge is 0.477 e. The van der Waals surface area contributed by atoms with Crippen LogP contribution >= 0.6 is 34.5 Å². The summed E-state index contributed by atoms with van der Waals surface area (Å²) in [5.74, 6) is -1.67. The van der Waals surface area contributed by atoms with Gasteiger partial charge in [0.25, 0.3) is 0 Å². The summed E-state index contributed by atoms with van der Waals surface area (Å²) in [5, 5.41) is 8.63. The molecule has 17 heavy (non-hydrogen) atoms. The summed E-state index contributed by atoms with van der Waals surface area (Å²) >= 11 is 12.4. The number of halogens is 3. The van der Waals surface area contributed by atoms with Gasteiger partial charge in [-0.25, -0.2) is 9.18 Å². The fourth-order valence-corrected chi connectivity index (χ4v) is 2.62. The first-order chi connectivity index (χ1) is 7.99. The highest BCUT2D eigenvalue weighted by Crippen LogP contribution is 2.34. The van der Waals surface area contributed by atoms with Crippen molar-refractivity contribution in [3.8, 4) is 10.4 Å². The predicted molar refractivity (Wildman–Crippen MR) is 66.7 cm³/mol. The number of hydrogen-bond donors (Lipinski definition) is 1. The fraction of sp³-hybridized carbons (Fsp3) is 0. The summed E-state index contributed by atoms with van der Waals surface area (Å²) in [4.78, 5) is 11.6. The van der Waals surface area contributed by atoms with Gasteiger partial charge in [0.05, 0.1) is 10.0 Å². The van der Waals surface area contributed by atoms with Crippen LogP contribution in [0.5, 0.6) is 0 Å². The van der Waals surface area contributed by atoms with Crippen LogP contribution < -0.4 is 0 Å². The standard InChI is InChI=1S/C11H5Cl2FO2S/c12-6-3-5(4-7(13)10(6)14)8-1-2-9(17-8)11(15)16/h1-4H,(H,15,16). The third kappa shape index (κ3) is 2.44. The second-order valence-electron chi connectivity index (χ2n) is 3.22. The summed E-state index contributed by atoms with van der Waals surface area (Å²) < 4.78 is 13.2. The van der Waals surface area contributed by atoms with E-state index in [0.29, 0.717) is 10.4 Å². The lowest BCUT2D eigenvalue weighted by Gasteiger charge is -2.02. The zero-order valence-corrected chi connectivity index (χ0v) is 10.5. The Hall–Kier alpha value is -1.10. The van der Waals surface area contributed by atoms with Gasteiger partial charge < -0.3 is 5.11 Å². The lowest BCUT2D eigenvalue weighted by atomic mass is 10.2. The van der Waals surface area contributed by atoms with Gasteiger partial charge in [0.15, 0.2) is 5.82 Å². The van der Waals surface area contributed by atoms with E-state index in [1.54, 1.807) is 6.07 Å². The average Bonchev–Trinajstić information content (AvgIpc) is 2.74. The molecule has 0 aliphatic rings. The minimum absolute atomic E-state index is 0.0854. The molecule has 0 spiro atoms. The summed E-state index contributed by atoms with van der Waals surface area (Å²) in [6, 6.07) is 5.95. The highest BCUT2D eigenvalue weighted by molar-refractivity contribution is 7.17. The average molecular weight is 291 g/mol. The Morgan fingerprint density at radius 1 is 1.24 bits per heavy atom. The van der Waals surface area contributed by atoms with E-state index in [1.807, 2.05) is 0 Å². The molecule has 0 bridgehead atoms. The first kappa shape index (κ1) is 12.4. The van der Waals surface area contributed by atoms with Gasteiger partial charge in [-0.3, -0.25) is 0 Å². The maximum atomic E-state index is 13.2. The van der Waals surface area contributed by atoms with E-state index in [-0.39, 0.29) is 14.9 Å². The molecule has 0 atom stereocenters. The molecular formula is C11H5Cl2FO2S. The maximum Gasteiger partial charge on any atom is 0.345 e. The van der Waals surface area contributed by atoms with Gasteiger partial charge in [0, 0.05) is 4.88 Å². The molecule has 2 rings (SSSR count). The van der Waals surface area contributed by atoms with Gasteiger partial charge in [-0.2, -0.15) is 0 Å². The molecule has 88 valence electrons. The maximum absolute atomic E-state index is 13.2. The van der Waals surface area contributed by atoms with Crippen LogP contribution in [0.3, 0.4) is 0 Å². The third-order valence-electron chi connectivity index (χ3n) is 2.09. The van der Waals surface area contributed by atoms with E-state index in [1.165, 1.54) is 18.2 Å². The monoisotopic (exact) mass is 290 g/mol. The lowest BCUT2D eigenvalue weighted by Crippen LogP contribution is -1.89. The van der Waals surface area contributed by atoms with Crippen LogP contribution in [0, 0.1) is 5.82 Å². The van der Waals surface area contributed by atoms with E-state index in [0.717, 1.165) is 11.3 Å². The van der Waals surface area contributed by atoms with Crippen molar-refractivity contribution in [2.24, 2.45) is 0 Å². The normalized spacial score (nSPS) is 10.5. The lowest BCUT2D eigenvalue weighted by molar-refractivity contribution is 0.0702. The molecule has 0 amide bonds. The summed E-state index contributed by atoms with van der Waals surface area (Å²) in [6.45, 7) is 0. The van der Waals surface area contributed by atoms with Gasteiger partial charge in [-0.05, 0) is 29.8 Å². The van der Waals surface area contributed by atoms with E-state index < -0.39 is 11.8 Å². The van der Waals surface area contributed by atoms with Gasteiger partial charge in [0.2, 0.25) is 0 Å². The van der Waals surface area contributed by atoms with Crippen LogP contribution in [0.4, 0.5) is 4.39 Å². The number of carboxylic acids is 1. The number of benzene rings is 1. The predicted octanol–water partition coefficient (Wildman–Crippen LogP) is 4.56. The van der Waals surface area contributed by atoms with Crippen LogP contribution in [0.2, 0.25) is 10.0 Å². The molecule has 0 unspecified atom stereocenters. The number of carboxylic acid groups (broad SMARTS) is 1. The SMILES string of the molecule is O=C(O)c1ccc(-c2cc(Cl)c(F)c(Cl)c2)s1. The van der Waals surface area contributed by atoms with Crippen molar-refractivity contribution in [1.29, 1.82) is 0 Å². The Balaban J connectivity index is 2.49. The van der Waals surface area contributed by atoms with Crippen molar-refractivity contribution >= 4 is 40.5 Å². The first-order valence-electron chi connectivity index (χ1n) is 4.47. The first-order valence-corrected chi connectivity index (χ1v) is 6.04. The van der Waals surface area contributed by atoms with Crippen molar-refractivity contribution in [3.63, 3.8) is 0 Å². The van der Waals surface area contributed by atoms with E-state index >= 15 is 0 Å². The summed E-state index contributed by atoms with van der Waals surface area (Å²) in [7, 11) is 0. The van der Waals surface area contributed by atoms with E-state index in [4.69, 9.17) is 28.3 Å². The highest BCUT2D eigenvalue weighted by Gasteiger charge is 2.12. The van der Waals surface area contributed by atoms with Gasteiger partial charge in [0.1, 0.15) is 4.88 Å². The molecule has 0 saturated heterocycles. The molecule has 2 aromatic rings. The molecule has 0 aliphatic heterocycles. The molecule has 0 radical (unpaired) electrons. The van der Waals surface area contributed by atoms with Crippen molar-refractivity contribution < 1.29 is 14.3 Å². The van der Waals surface area contributed by atoms with Gasteiger partial charge in [-0.1, -0.05) is 23.2 Å². The van der Waals surface area contributed by atoms with Crippen molar-refractivity contribution in [2.45, 2.75) is 0 Å². The molecule has 0 aliphatic carbocycles. The number of carbonyl (C=O) groups is 1. The molecule has 1 aromatic heterocycles. The Kier molecular flexibility index (Phi) is 3.38. The quantitative estimate of drug-likeness (QED) is 0.823. The van der Waals surface area contributed by atoms with Crippen molar-refractivity contribution in [1.82, 2.24) is 0 Å². The topological polar surface area (TPSA) is 37.3 Å². The molecular weight excluding hydrogens is 286 g/mol. The number of hydrogen-bond acceptors (Lipinski definition) is 2. The van der Waals surface area contributed by atoms with E-state index in [9.17, 15) is 9.18 Å². The number of aromatic carboxylic acids is 1. The van der Waals surface area contributed by atoms with Crippen LogP contribution in [0.1, 0.15) is 9.67 Å². The van der Waals surface area contributed by atoms with Crippen molar-refractivity contribution in [2.75, 3.05) is 0 Å². The zero-order chi connectivity index (χ0) is 12.6. The highest BCUT2D eigenvalue weighted by atomic mass is 35.5. The molecule has 0 fully saturated rings. The Morgan fingerprint density at radius 3 is 2.29 bits per heavy atom. The van der Waals surface area contributed by atoms with Gasteiger partial charge >= 0.3 is 5.97 Å². The molecule has 2 nitrogen and oxygen atoms in total. The molecule has 1 aromatic carbocycles. The molecule has 0 saturated carbocycles. The molecule has 1 heterocycles. The number of rotatable bonds is 2. The minimum Gasteiger partial charge on any atom is -0.477 e. The third-order valence-corrected chi connectivity index (χ3v) is 3.76. The van der Waals surface area contributed by atoms with Gasteiger partial charge in [-0.15, -0.1) is 11.3 Å². The fourth-order valence-electron chi connectivity index (χ4n) is 1.31. The second kappa shape index (κ2) is 4.64. The Bertz CT molecular complexity index is 572. The van der Waals surface area contributed by atoms with Crippen LogP contribution in [-0.4, -0.2) is 11.1 Å².